The molecule has 1 aromatic rings. The van der Waals surface area contributed by atoms with E-state index in [0.717, 1.165) is 0 Å². The van der Waals surface area contributed by atoms with Gasteiger partial charge >= 0.3 is 5.97 Å². The Morgan fingerprint density at radius 2 is 1.95 bits per heavy atom. The van der Waals surface area contributed by atoms with Crippen LogP contribution in [0.25, 0.3) is 0 Å². The van der Waals surface area contributed by atoms with Gasteiger partial charge in [0.25, 0.3) is 0 Å². The monoisotopic (exact) mass is 293 g/mol. The Bertz CT molecular complexity index is 483. The number of benzene rings is 1. The van der Waals surface area contributed by atoms with Gasteiger partial charge in [0.05, 0.1) is 20.1 Å². The molecule has 6 heteroatoms. The van der Waals surface area contributed by atoms with Gasteiger partial charge in [0.1, 0.15) is 17.5 Å². The van der Waals surface area contributed by atoms with Gasteiger partial charge in [-0.05, 0) is 30.7 Å². The molecular formula is C15H19NO5. The molecule has 0 spiro atoms. The van der Waals surface area contributed by atoms with Gasteiger partial charge in [0.15, 0.2) is 0 Å². The van der Waals surface area contributed by atoms with E-state index in [1.165, 1.54) is 6.08 Å². The summed E-state index contributed by atoms with van der Waals surface area (Å²) in [6.45, 7) is 3.62. The Labute approximate surface area is 123 Å². The molecule has 114 valence electrons. The molecule has 0 aliphatic carbocycles. The zero-order valence-electron chi connectivity index (χ0n) is 11.9. The molecule has 21 heavy (non-hydrogen) atoms. The van der Waals surface area contributed by atoms with E-state index < -0.39 is 12.0 Å². The molecule has 0 aliphatic heterocycles. The molecule has 1 amide bonds. The highest BCUT2D eigenvalue weighted by molar-refractivity contribution is 5.83. The lowest BCUT2D eigenvalue weighted by Gasteiger charge is -2.12. The van der Waals surface area contributed by atoms with E-state index in [1.807, 2.05) is 0 Å². The number of carbonyl (C=O) groups excluding carboxylic acids is 1. The van der Waals surface area contributed by atoms with Gasteiger partial charge in [0, 0.05) is 0 Å². The quantitative estimate of drug-likeness (QED) is 0.676. The van der Waals surface area contributed by atoms with Crippen LogP contribution in [0.5, 0.6) is 11.5 Å². The minimum absolute atomic E-state index is 0.0763. The third-order valence-corrected chi connectivity index (χ3v) is 2.69. The number of hydrogen-bond donors (Lipinski definition) is 2. The number of ether oxygens (including phenoxy) is 2. The highest BCUT2D eigenvalue weighted by Crippen LogP contribution is 2.16. The summed E-state index contributed by atoms with van der Waals surface area (Å²) in [6, 6.07) is 6.01. The van der Waals surface area contributed by atoms with E-state index in [0.29, 0.717) is 11.5 Å². The van der Waals surface area contributed by atoms with Crippen LogP contribution in [0.2, 0.25) is 0 Å². The Kier molecular flexibility index (Phi) is 6.80. The molecular weight excluding hydrogens is 274 g/mol. The number of amides is 1. The van der Waals surface area contributed by atoms with Gasteiger partial charge in [0.2, 0.25) is 5.91 Å². The predicted molar refractivity (Wildman–Crippen MR) is 77.5 cm³/mol. The number of nitrogens with one attached hydrogen (secondary N) is 1. The van der Waals surface area contributed by atoms with Gasteiger partial charge in [-0.1, -0.05) is 6.08 Å². The molecule has 1 unspecified atom stereocenters. The molecule has 0 fully saturated rings. The van der Waals surface area contributed by atoms with Crippen LogP contribution in [0, 0.1) is 0 Å². The van der Waals surface area contributed by atoms with Crippen LogP contribution in [0.4, 0.5) is 0 Å². The van der Waals surface area contributed by atoms with Crippen LogP contribution in [0.15, 0.2) is 36.9 Å². The fraction of sp³-hybridized carbons (Fsp3) is 0.333. The van der Waals surface area contributed by atoms with Crippen molar-refractivity contribution >= 4 is 11.9 Å². The van der Waals surface area contributed by atoms with Crippen molar-refractivity contribution in [3.8, 4) is 11.5 Å². The molecule has 0 aliphatic rings. The van der Waals surface area contributed by atoms with Crippen molar-refractivity contribution in [1.82, 2.24) is 5.32 Å². The van der Waals surface area contributed by atoms with Gasteiger partial charge in [-0.3, -0.25) is 4.79 Å². The molecule has 0 saturated heterocycles. The van der Waals surface area contributed by atoms with Gasteiger partial charge in [-0.25, -0.2) is 4.79 Å². The minimum Gasteiger partial charge on any atom is -0.497 e. The first kappa shape index (κ1) is 16.6. The molecule has 0 radical (unpaired) electrons. The van der Waals surface area contributed by atoms with Gasteiger partial charge in [-0.2, -0.15) is 0 Å². The summed E-state index contributed by atoms with van der Waals surface area (Å²) in [5, 5.41) is 11.3. The topological polar surface area (TPSA) is 84.9 Å². The summed E-state index contributed by atoms with van der Waals surface area (Å²) in [5.74, 6) is -0.129. The maximum Gasteiger partial charge on any atom is 0.326 e. The number of aliphatic carboxylic acids is 1. The average Bonchev–Trinajstić information content (AvgIpc) is 2.47. The van der Waals surface area contributed by atoms with E-state index in [1.54, 1.807) is 31.4 Å². The van der Waals surface area contributed by atoms with Crippen molar-refractivity contribution in [1.29, 1.82) is 0 Å². The highest BCUT2D eigenvalue weighted by Gasteiger charge is 2.17. The maximum atomic E-state index is 11.6. The summed E-state index contributed by atoms with van der Waals surface area (Å²) in [7, 11) is 1.57. The summed E-state index contributed by atoms with van der Waals surface area (Å²) in [6.07, 6.45) is 1.71. The lowest BCUT2D eigenvalue weighted by molar-refractivity contribution is -0.141. The molecule has 0 heterocycles. The van der Waals surface area contributed by atoms with Crippen LogP contribution >= 0.6 is 0 Å². The third kappa shape index (κ3) is 5.99. The van der Waals surface area contributed by atoms with Crippen LogP contribution in [0.3, 0.4) is 0 Å². The third-order valence-electron chi connectivity index (χ3n) is 2.69. The first-order valence-electron chi connectivity index (χ1n) is 6.46. The molecule has 0 bridgehead atoms. The summed E-state index contributed by atoms with van der Waals surface area (Å²) < 4.78 is 10.4. The maximum absolute atomic E-state index is 11.6. The Hall–Kier alpha value is -2.50. The zero-order chi connectivity index (χ0) is 15.7. The van der Waals surface area contributed by atoms with Crippen LogP contribution in [0.1, 0.15) is 12.8 Å². The zero-order valence-corrected chi connectivity index (χ0v) is 11.9. The van der Waals surface area contributed by atoms with E-state index in [-0.39, 0.29) is 25.4 Å². The number of hydrogen-bond acceptors (Lipinski definition) is 4. The van der Waals surface area contributed by atoms with E-state index in [9.17, 15) is 9.59 Å². The molecule has 0 saturated carbocycles. The summed E-state index contributed by atoms with van der Waals surface area (Å²) >= 11 is 0. The molecule has 1 atom stereocenters. The van der Waals surface area contributed by atoms with Gasteiger partial charge < -0.3 is 19.9 Å². The Balaban J connectivity index is 2.35. The number of carboxylic acids is 1. The van der Waals surface area contributed by atoms with Crippen LogP contribution in [-0.2, 0) is 9.59 Å². The minimum atomic E-state index is -1.08. The summed E-state index contributed by atoms with van der Waals surface area (Å²) in [5.41, 5.74) is 0. The smallest absolute Gasteiger partial charge is 0.326 e. The molecule has 0 aromatic heterocycles. The second-order valence-corrected chi connectivity index (χ2v) is 4.26. The Morgan fingerprint density at radius 3 is 2.48 bits per heavy atom. The average molecular weight is 293 g/mol. The van der Waals surface area contributed by atoms with Crippen molar-refractivity contribution in [2.24, 2.45) is 0 Å². The van der Waals surface area contributed by atoms with Crippen molar-refractivity contribution in [2.75, 3.05) is 13.7 Å². The Morgan fingerprint density at radius 1 is 1.33 bits per heavy atom. The number of rotatable bonds is 9. The van der Waals surface area contributed by atoms with Crippen LogP contribution in [-0.4, -0.2) is 36.7 Å². The van der Waals surface area contributed by atoms with Crippen LogP contribution < -0.4 is 14.8 Å². The number of methoxy groups -OCH3 is 1. The first-order valence-corrected chi connectivity index (χ1v) is 6.46. The first-order chi connectivity index (χ1) is 10.1. The highest BCUT2D eigenvalue weighted by atomic mass is 16.5. The number of carboxylic acid groups (broad SMARTS) is 1. The molecule has 6 nitrogen and oxygen atoms in total. The lowest BCUT2D eigenvalue weighted by atomic mass is 10.2. The van der Waals surface area contributed by atoms with Crippen molar-refractivity contribution in [2.45, 2.75) is 18.9 Å². The summed E-state index contributed by atoms with van der Waals surface area (Å²) in [4.78, 5) is 22.5. The molecule has 1 aromatic carbocycles. The molecule has 1 rings (SSSR count). The van der Waals surface area contributed by atoms with E-state index in [2.05, 4.69) is 11.9 Å². The number of carbonyl (C=O) groups is 2. The van der Waals surface area contributed by atoms with Crippen molar-refractivity contribution < 1.29 is 24.2 Å². The van der Waals surface area contributed by atoms with Crippen molar-refractivity contribution in [3.05, 3.63) is 36.9 Å². The SMILES string of the molecule is C=CCC(NC(=O)CCOc1ccc(OC)cc1)C(=O)O. The lowest BCUT2D eigenvalue weighted by Crippen LogP contribution is -2.40. The fourth-order valence-electron chi connectivity index (χ4n) is 1.59. The molecule has 2 N–H and O–H groups in total. The van der Waals surface area contributed by atoms with E-state index in [4.69, 9.17) is 14.6 Å². The second kappa shape index (κ2) is 8.63. The van der Waals surface area contributed by atoms with Crippen molar-refractivity contribution in [3.63, 3.8) is 0 Å². The van der Waals surface area contributed by atoms with E-state index >= 15 is 0 Å². The second-order valence-electron chi connectivity index (χ2n) is 4.26. The fourth-order valence-corrected chi connectivity index (χ4v) is 1.59. The standard InChI is InChI=1S/C15H19NO5/c1-3-4-13(15(18)19)16-14(17)9-10-21-12-7-5-11(20-2)6-8-12/h3,5-8,13H,1,4,9-10H2,2H3,(H,16,17)(H,18,19). The van der Waals surface area contributed by atoms with Gasteiger partial charge in [-0.15, -0.1) is 6.58 Å². The largest absolute Gasteiger partial charge is 0.497 e. The predicted octanol–water partition coefficient (Wildman–Crippen LogP) is 1.61. The normalized spacial score (nSPS) is 11.3.